The van der Waals surface area contributed by atoms with Gasteiger partial charge in [0.25, 0.3) is 0 Å². The van der Waals surface area contributed by atoms with E-state index in [0.29, 0.717) is 11.6 Å². The molecule has 0 fully saturated rings. The van der Waals surface area contributed by atoms with Crippen molar-refractivity contribution >= 4 is 17.4 Å². The Morgan fingerprint density at radius 2 is 2.27 bits per heavy atom. The second kappa shape index (κ2) is 5.09. The average Bonchev–Trinajstić information content (AvgIpc) is 2.16. The Labute approximate surface area is 87.5 Å². The van der Waals surface area contributed by atoms with Crippen molar-refractivity contribution in [3.63, 3.8) is 0 Å². The van der Waals surface area contributed by atoms with Crippen LogP contribution in [0.1, 0.15) is 13.3 Å². The fourth-order valence-electron chi connectivity index (χ4n) is 1.03. The van der Waals surface area contributed by atoms with E-state index >= 15 is 0 Å². The monoisotopic (exact) mass is 208 g/mol. The van der Waals surface area contributed by atoms with Gasteiger partial charge in [-0.25, -0.2) is 4.98 Å². The quantitative estimate of drug-likeness (QED) is 0.750. The Morgan fingerprint density at radius 3 is 2.87 bits per heavy atom. The third-order valence-corrected chi connectivity index (χ3v) is 1.64. The highest BCUT2D eigenvalue weighted by Gasteiger charge is 2.05. The fraction of sp³-hybridized carbons (Fsp3) is 0.300. The van der Waals surface area contributed by atoms with E-state index in [-0.39, 0.29) is 18.1 Å². The number of pyridine rings is 1. The molecule has 1 rings (SSSR count). The smallest absolute Gasteiger partial charge is 0.231 e. The summed E-state index contributed by atoms with van der Waals surface area (Å²) < 4.78 is 4.89. The Bertz CT molecular complexity index is 377. The first-order valence-corrected chi connectivity index (χ1v) is 4.41. The number of nitrogens with one attached hydrogen (secondary N) is 1. The van der Waals surface area contributed by atoms with E-state index in [4.69, 9.17) is 4.74 Å². The SMILES string of the molecule is COc1cc(NC(=O)CC(C)=O)ccn1. The Hall–Kier alpha value is -1.91. The predicted molar refractivity (Wildman–Crippen MR) is 54.7 cm³/mol. The van der Waals surface area contributed by atoms with Gasteiger partial charge in [0.1, 0.15) is 5.78 Å². The summed E-state index contributed by atoms with van der Waals surface area (Å²) in [5.41, 5.74) is 0.563. The van der Waals surface area contributed by atoms with Crippen LogP contribution in [0.25, 0.3) is 0 Å². The van der Waals surface area contributed by atoms with E-state index < -0.39 is 0 Å². The van der Waals surface area contributed by atoms with Crippen LogP contribution in [-0.2, 0) is 9.59 Å². The first-order chi connectivity index (χ1) is 7.11. The average molecular weight is 208 g/mol. The van der Waals surface area contributed by atoms with Gasteiger partial charge in [0.05, 0.1) is 13.5 Å². The second-order valence-electron chi connectivity index (χ2n) is 3.01. The number of aromatic nitrogens is 1. The molecule has 0 atom stereocenters. The van der Waals surface area contributed by atoms with Crippen LogP contribution in [-0.4, -0.2) is 23.8 Å². The molecule has 5 nitrogen and oxygen atoms in total. The summed E-state index contributed by atoms with van der Waals surface area (Å²) in [6.07, 6.45) is 1.40. The third-order valence-electron chi connectivity index (χ3n) is 1.64. The van der Waals surface area contributed by atoms with Crippen molar-refractivity contribution in [2.24, 2.45) is 0 Å². The summed E-state index contributed by atoms with van der Waals surface area (Å²) in [7, 11) is 1.49. The first kappa shape index (κ1) is 11.2. The number of hydrogen-bond acceptors (Lipinski definition) is 4. The van der Waals surface area contributed by atoms with Gasteiger partial charge >= 0.3 is 0 Å². The van der Waals surface area contributed by atoms with Crippen LogP contribution in [0, 0.1) is 0 Å². The van der Waals surface area contributed by atoms with Crippen molar-refractivity contribution < 1.29 is 14.3 Å². The highest BCUT2D eigenvalue weighted by Crippen LogP contribution is 2.13. The highest BCUT2D eigenvalue weighted by molar-refractivity contribution is 6.03. The van der Waals surface area contributed by atoms with Crippen molar-refractivity contribution in [2.75, 3.05) is 12.4 Å². The Kier molecular flexibility index (Phi) is 3.79. The Balaban J connectivity index is 2.63. The molecule has 0 radical (unpaired) electrons. The molecule has 5 heteroatoms. The molecule has 0 aliphatic heterocycles. The molecule has 0 spiro atoms. The Morgan fingerprint density at radius 1 is 1.53 bits per heavy atom. The molecule has 0 saturated heterocycles. The van der Waals surface area contributed by atoms with Gasteiger partial charge in [-0.05, 0) is 13.0 Å². The zero-order chi connectivity index (χ0) is 11.3. The zero-order valence-corrected chi connectivity index (χ0v) is 8.61. The maximum absolute atomic E-state index is 11.2. The molecule has 0 aromatic carbocycles. The summed E-state index contributed by atoms with van der Waals surface area (Å²) in [4.78, 5) is 25.8. The lowest BCUT2D eigenvalue weighted by molar-refractivity contribution is -0.124. The van der Waals surface area contributed by atoms with E-state index in [1.165, 1.54) is 20.2 Å². The van der Waals surface area contributed by atoms with E-state index in [1.807, 2.05) is 0 Å². The van der Waals surface area contributed by atoms with Crippen LogP contribution in [0.2, 0.25) is 0 Å². The largest absolute Gasteiger partial charge is 0.481 e. The van der Waals surface area contributed by atoms with Crippen molar-refractivity contribution in [2.45, 2.75) is 13.3 Å². The number of carbonyl (C=O) groups is 2. The molecule has 15 heavy (non-hydrogen) atoms. The molecule has 0 aliphatic carbocycles. The number of carbonyl (C=O) groups excluding carboxylic acids is 2. The molecular formula is C10H12N2O3. The first-order valence-electron chi connectivity index (χ1n) is 4.41. The summed E-state index contributed by atoms with van der Waals surface area (Å²) in [5, 5.41) is 2.57. The van der Waals surface area contributed by atoms with Gasteiger partial charge in [0, 0.05) is 18.0 Å². The molecule has 0 unspecified atom stereocenters. The van der Waals surface area contributed by atoms with Gasteiger partial charge in [-0.2, -0.15) is 0 Å². The van der Waals surface area contributed by atoms with Crippen LogP contribution >= 0.6 is 0 Å². The lowest BCUT2D eigenvalue weighted by Gasteiger charge is -2.04. The van der Waals surface area contributed by atoms with Gasteiger partial charge in [0.2, 0.25) is 11.8 Å². The molecule has 1 amide bonds. The summed E-state index contributed by atoms with van der Waals surface area (Å²) in [5.74, 6) is -0.0973. The van der Waals surface area contributed by atoms with Crippen LogP contribution in [0.4, 0.5) is 5.69 Å². The zero-order valence-electron chi connectivity index (χ0n) is 8.61. The summed E-state index contributed by atoms with van der Waals surface area (Å²) in [6, 6.07) is 3.21. The number of nitrogens with zero attached hydrogens (tertiary/aromatic N) is 1. The highest BCUT2D eigenvalue weighted by atomic mass is 16.5. The second-order valence-corrected chi connectivity index (χ2v) is 3.01. The summed E-state index contributed by atoms with van der Waals surface area (Å²) in [6.45, 7) is 1.37. The van der Waals surface area contributed by atoms with Crippen molar-refractivity contribution in [3.8, 4) is 5.88 Å². The van der Waals surface area contributed by atoms with Gasteiger partial charge in [-0.15, -0.1) is 0 Å². The number of ether oxygens (including phenoxy) is 1. The van der Waals surface area contributed by atoms with Crippen LogP contribution < -0.4 is 10.1 Å². The molecule has 1 aromatic rings. The van der Waals surface area contributed by atoms with Gasteiger partial charge in [0.15, 0.2) is 0 Å². The molecule has 1 N–H and O–H groups in total. The molecule has 0 bridgehead atoms. The molecule has 1 aromatic heterocycles. The lowest BCUT2D eigenvalue weighted by atomic mass is 10.3. The molecule has 80 valence electrons. The molecule has 1 heterocycles. The molecular weight excluding hydrogens is 196 g/mol. The molecule has 0 saturated carbocycles. The third kappa shape index (κ3) is 3.76. The van der Waals surface area contributed by atoms with E-state index in [9.17, 15) is 9.59 Å². The summed E-state index contributed by atoms with van der Waals surface area (Å²) >= 11 is 0. The van der Waals surface area contributed by atoms with Crippen molar-refractivity contribution in [1.82, 2.24) is 4.98 Å². The number of anilines is 1. The van der Waals surface area contributed by atoms with Gasteiger partial charge < -0.3 is 10.1 Å². The predicted octanol–water partition coefficient (Wildman–Crippen LogP) is 1.01. The van der Waals surface area contributed by atoms with Gasteiger partial charge in [-0.1, -0.05) is 0 Å². The topological polar surface area (TPSA) is 68.3 Å². The van der Waals surface area contributed by atoms with Crippen LogP contribution in [0.5, 0.6) is 5.88 Å². The minimum Gasteiger partial charge on any atom is -0.481 e. The van der Waals surface area contributed by atoms with Crippen molar-refractivity contribution in [1.29, 1.82) is 0 Å². The van der Waals surface area contributed by atoms with Gasteiger partial charge in [-0.3, -0.25) is 9.59 Å². The number of ketones is 1. The normalized spacial score (nSPS) is 9.47. The van der Waals surface area contributed by atoms with Crippen LogP contribution in [0.15, 0.2) is 18.3 Å². The van der Waals surface area contributed by atoms with Crippen molar-refractivity contribution in [3.05, 3.63) is 18.3 Å². The van der Waals surface area contributed by atoms with E-state index in [2.05, 4.69) is 10.3 Å². The fourth-order valence-corrected chi connectivity index (χ4v) is 1.03. The lowest BCUT2D eigenvalue weighted by Crippen LogP contribution is -2.14. The number of rotatable bonds is 4. The number of amides is 1. The minimum absolute atomic E-state index is 0.120. The number of methoxy groups -OCH3 is 1. The molecule has 0 aliphatic rings. The van der Waals surface area contributed by atoms with Crippen LogP contribution in [0.3, 0.4) is 0 Å². The standard InChI is InChI=1S/C10H12N2O3/c1-7(13)5-9(14)12-8-3-4-11-10(6-8)15-2/h3-4,6H,5H2,1-2H3,(H,11,12,14). The minimum atomic E-state index is -0.337. The number of Topliss-reactive ketones (excluding diaryl/α,β-unsaturated/α-hetero) is 1. The van der Waals surface area contributed by atoms with E-state index in [0.717, 1.165) is 0 Å². The number of hydrogen-bond donors (Lipinski definition) is 1. The maximum Gasteiger partial charge on any atom is 0.231 e. The van der Waals surface area contributed by atoms with E-state index in [1.54, 1.807) is 12.1 Å². The maximum atomic E-state index is 11.2.